The molecule has 1 aliphatic heterocycles. The normalized spacial score (nSPS) is 17.7. The van der Waals surface area contributed by atoms with E-state index in [1.54, 1.807) is 0 Å². The first-order valence-electron chi connectivity index (χ1n) is 12.8. The highest BCUT2D eigenvalue weighted by atomic mass is 15.2. The monoisotopic (exact) mass is 471 g/mol. The Hall–Kier alpha value is -3.33. The zero-order valence-corrected chi connectivity index (χ0v) is 22.9. The van der Waals surface area contributed by atoms with E-state index in [0.29, 0.717) is 5.92 Å². The van der Waals surface area contributed by atoms with Gasteiger partial charge in [0.15, 0.2) is 0 Å². The van der Waals surface area contributed by atoms with Crippen LogP contribution < -0.4 is 10.6 Å². The van der Waals surface area contributed by atoms with Crippen LogP contribution in [0, 0.1) is 12.8 Å². The van der Waals surface area contributed by atoms with Crippen molar-refractivity contribution >= 4 is 11.1 Å². The lowest BCUT2D eigenvalue weighted by Crippen LogP contribution is -2.30. The van der Waals surface area contributed by atoms with E-state index in [9.17, 15) is 0 Å². The van der Waals surface area contributed by atoms with Crippen LogP contribution in [0.2, 0.25) is 0 Å². The van der Waals surface area contributed by atoms with E-state index in [1.807, 2.05) is 52.2 Å². The second kappa shape index (κ2) is 15.5. The van der Waals surface area contributed by atoms with Gasteiger partial charge < -0.3 is 10.6 Å². The zero-order valence-electron chi connectivity index (χ0n) is 22.9. The SMILES string of the molecule is C=C(C)c1cc(C)ccc1CC.C=C1NC(=C)C(C2C=CC(c3ccncc3)=CC2)N1.CC.CC. The lowest BCUT2D eigenvalue weighted by molar-refractivity contribution is 0.524. The molecule has 0 bridgehead atoms. The summed E-state index contributed by atoms with van der Waals surface area (Å²) in [5.74, 6) is 1.26. The molecule has 1 saturated heterocycles. The minimum absolute atomic E-state index is 0.235. The van der Waals surface area contributed by atoms with Gasteiger partial charge in [-0.25, -0.2) is 0 Å². The fraction of sp³-hybridized carbons (Fsp3) is 0.344. The third kappa shape index (κ3) is 8.75. The average Bonchev–Trinajstić information content (AvgIpc) is 3.25. The summed E-state index contributed by atoms with van der Waals surface area (Å²) in [6.45, 7) is 26.3. The Labute approximate surface area is 214 Å². The van der Waals surface area contributed by atoms with E-state index in [-0.39, 0.29) is 6.04 Å². The van der Waals surface area contributed by atoms with Gasteiger partial charge in [0, 0.05) is 24.0 Å². The van der Waals surface area contributed by atoms with E-state index in [0.717, 1.165) is 29.9 Å². The smallest absolute Gasteiger partial charge is 0.0960 e. The average molecular weight is 472 g/mol. The molecule has 2 atom stereocenters. The van der Waals surface area contributed by atoms with Crippen LogP contribution in [-0.2, 0) is 6.42 Å². The van der Waals surface area contributed by atoms with Crippen molar-refractivity contribution in [3.8, 4) is 0 Å². The fourth-order valence-electron chi connectivity index (χ4n) is 3.99. The lowest BCUT2D eigenvalue weighted by Gasteiger charge is -2.22. The molecule has 1 aromatic carbocycles. The molecule has 2 aliphatic rings. The van der Waals surface area contributed by atoms with Crippen molar-refractivity contribution in [1.82, 2.24) is 15.6 Å². The van der Waals surface area contributed by atoms with Crippen LogP contribution in [0.4, 0.5) is 0 Å². The first-order valence-corrected chi connectivity index (χ1v) is 12.8. The molecule has 2 aromatic rings. The molecule has 0 amide bonds. The van der Waals surface area contributed by atoms with E-state index < -0.39 is 0 Å². The molecule has 1 aromatic heterocycles. The Morgan fingerprint density at radius 3 is 2.20 bits per heavy atom. The highest BCUT2D eigenvalue weighted by molar-refractivity contribution is 5.74. The highest BCUT2D eigenvalue weighted by Crippen LogP contribution is 2.29. The standard InChI is InChI=1S/C16H17N3.C12H16.2C2H6/c1-11-16(19-12(2)18-11)15-5-3-13(4-6-15)14-7-9-17-10-8-14;1-5-11-7-6-10(4)8-12(11)9(2)3;2*1-2/h3-5,7-10,15-16,18-19H,1-2,6H2;6-8H,2,5H2,1,3-4H3;2*1-2H3. The molecule has 0 radical (unpaired) electrons. The predicted molar refractivity (Wildman–Crippen MR) is 156 cm³/mol. The van der Waals surface area contributed by atoms with Crippen LogP contribution in [-0.4, -0.2) is 11.0 Å². The van der Waals surface area contributed by atoms with Crippen molar-refractivity contribution in [2.45, 2.75) is 67.3 Å². The van der Waals surface area contributed by atoms with E-state index in [1.165, 1.54) is 27.8 Å². The van der Waals surface area contributed by atoms with E-state index in [2.05, 4.69) is 92.6 Å². The van der Waals surface area contributed by atoms with Crippen molar-refractivity contribution in [2.75, 3.05) is 0 Å². The predicted octanol–water partition coefficient (Wildman–Crippen LogP) is 8.23. The van der Waals surface area contributed by atoms with Gasteiger partial charge in [0.2, 0.25) is 0 Å². The molecule has 2 unspecified atom stereocenters. The van der Waals surface area contributed by atoms with Gasteiger partial charge in [-0.1, -0.05) is 102 Å². The maximum Gasteiger partial charge on any atom is 0.0960 e. The molecule has 188 valence electrons. The van der Waals surface area contributed by atoms with Gasteiger partial charge in [-0.3, -0.25) is 4.98 Å². The lowest BCUT2D eigenvalue weighted by atomic mass is 9.88. The number of aryl methyl sites for hydroxylation is 2. The Balaban J connectivity index is 0.000000332. The number of benzene rings is 1. The molecule has 2 heterocycles. The minimum atomic E-state index is 0.235. The summed E-state index contributed by atoms with van der Waals surface area (Å²) in [6, 6.07) is 10.9. The number of hydrogen-bond acceptors (Lipinski definition) is 3. The number of allylic oxidation sites excluding steroid dienone is 4. The van der Waals surface area contributed by atoms with E-state index >= 15 is 0 Å². The molecule has 3 nitrogen and oxygen atoms in total. The second-order valence-electron chi connectivity index (χ2n) is 8.20. The first kappa shape index (κ1) is 29.7. The highest BCUT2D eigenvalue weighted by Gasteiger charge is 2.28. The van der Waals surface area contributed by atoms with Crippen LogP contribution in [0.1, 0.15) is 70.2 Å². The summed E-state index contributed by atoms with van der Waals surface area (Å²) in [5, 5.41) is 6.48. The molecule has 0 spiro atoms. The van der Waals surface area contributed by atoms with Crippen LogP contribution in [0.5, 0.6) is 0 Å². The van der Waals surface area contributed by atoms with Gasteiger partial charge in [0.25, 0.3) is 0 Å². The maximum atomic E-state index is 4.05. The minimum Gasteiger partial charge on any atom is -0.363 e. The van der Waals surface area contributed by atoms with Gasteiger partial charge in [0.05, 0.1) is 11.9 Å². The number of aromatic nitrogens is 1. The quantitative estimate of drug-likeness (QED) is 0.471. The van der Waals surface area contributed by atoms with Crippen LogP contribution >= 0.6 is 0 Å². The molecule has 4 rings (SSSR count). The third-order valence-corrected chi connectivity index (χ3v) is 5.70. The Morgan fingerprint density at radius 2 is 1.71 bits per heavy atom. The van der Waals surface area contributed by atoms with Crippen molar-refractivity contribution in [3.63, 3.8) is 0 Å². The van der Waals surface area contributed by atoms with Gasteiger partial charge in [0.1, 0.15) is 0 Å². The van der Waals surface area contributed by atoms with Crippen LogP contribution in [0.15, 0.2) is 92.2 Å². The van der Waals surface area contributed by atoms with Crippen molar-refractivity contribution in [2.24, 2.45) is 5.92 Å². The van der Waals surface area contributed by atoms with Crippen LogP contribution in [0.3, 0.4) is 0 Å². The molecular weight excluding hydrogens is 426 g/mol. The number of hydrogen-bond donors (Lipinski definition) is 2. The van der Waals surface area contributed by atoms with Gasteiger partial charge >= 0.3 is 0 Å². The Morgan fingerprint density at radius 1 is 1.06 bits per heavy atom. The zero-order chi connectivity index (χ0) is 26.4. The summed E-state index contributed by atoms with van der Waals surface area (Å²) in [4.78, 5) is 4.05. The molecule has 0 saturated carbocycles. The summed E-state index contributed by atoms with van der Waals surface area (Å²) in [6.07, 6.45) is 12.4. The molecule has 1 aliphatic carbocycles. The molecule has 35 heavy (non-hydrogen) atoms. The molecular formula is C32H45N3. The number of nitrogens with one attached hydrogen (secondary N) is 2. The summed E-state index contributed by atoms with van der Waals surface area (Å²) < 4.78 is 0. The summed E-state index contributed by atoms with van der Waals surface area (Å²) in [5.41, 5.74) is 8.66. The first-order chi connectivity index (χ1) is 16.9. The summed E-state index contributed by atoms with van der Waals surface area (Å²) >= 11 is 0. The molecule has 2 N–H and O–H groups in total. The Kier molecular flexibility index (Phi) is 13.2. The molecule has 1 fully saturated rings. The number of pyridine rings is 1. The van der Waals surface area contributed by atoms with Gasteiger partial charge in [-0.15, -0.1) is 0 Å². The van der Waals surface area contributed by atoms with Crippen molar-refractivity contribution < 1.29 is 0 Å². The van der Waals surface area contributed by atoms with E-state index in [4.69, 9.17) is 0 Å². The van der Waals surface area contributed by atoms with Crippen molar-refractivity contribution in [3.05, 3.63) is 114 Å². The van der Waals surface area contributed by atoms with Gasteiger partial charge in [-0.2, -0.15) is 0 Å². The molecule has 3 heteroatoms. The van der Waals surface area contributed by atoms with Gasteiger partial charge in [-0.05, 0) is 61.1 Å². The number of nitrogens with zero attached hydrogens (tertiary/aromatic N) is 1. The number of rotatable bonds is 4. The van der Waals surface area contributed by atoms with Crippen molar-refractivity contribution in [1.29, 1.82) is 0 Å². The fourth-order valence-corrected chi connectivity index (χ4v) is 3.99. The third-order valence-electron chi connectivity index (χ3n) is 5.70. The largest absolute Gasteiger partial charge is 0.363 e. The Bertz CT molecular complexity index is 1030. The van der Waals surface area contributed by atoms with Crippen LogP contribution in [0.25, 0.3) is 11.1 Å². The maximum absolute atomic E-state index is 4.05. The summed E-state index contributed by atoms with van der Waals surface area (Å²) in [7, 11) is 0. The second-order valence-corrected chi connectivity index (χ2v) is 8.20. The topological polar surface area (TPSA) is 37.0 Å².